The van der Waals surface area contributed by atoms with E-state index in [1.54, 1.807) is 6.08 Å². The second-order valence-electron chi connectivity index (χ2n) is 6.25. The van der Waals surface area contributed by atoms with Gasteiger partial charge in [-0.2, -0.15) is 0 Å². The van der Waals surface area contributed by atoms with E-state index in [0.717, 1.165) is 24.2 Å². The lowest BCUT2D eigenvalue weighted by Gasteiger charge is -2.30. The van der Waals surface area contributed by atoms with Crippen molar-refractivity contribution < 1.29 is 13.2 Å². The van der Waals surface area contributed by atoms with Gasteiger partial charge in [-0.25, -0.2) is 13.1 Å². The number of hydrogen-bond donors (Lipinski definition) is 1. The van der Waals surface area contributed by atoms with Gasteiger partial charge in [0.25, 0.3) is 0 Å². The number of morpholine rings is 1. The normalized spacial score (nSPS) is 16.7. The topological polar surface area (TPSA) is 58.6 Å². The van der Waals surface area contributed by atoms with Gasteiger partial charge < -0.3 is 4.74 Å². The summed E-state index contributed by atoms with van der Waals surface area (Å²) in [5, 5.41) is 1.23. The van der Waals surface area contributed by atoms with Crippen molar-refractivity contribution >= 4 is 28.5 Å². The van der Waals surface area contributed by atoms with Crippen LogP contribution in [0, 0.1) is 0 Å². The van der Waals surface area contributed by atoms with Gasteiger partial charge in [0, 0.05) is 25.0 Å². The smallest absolute Gasteiger partial charge is 0.234 e. The number of ether oxygens (including phenoxy) is 1. The summed E-state index contributed by atoms with van der Waals surface area (Å²) in [6.45, 7) is 3.60. The van der Waals surface area contributed by atoms with Crippen molar-refractivity contribution in [2.45, 2.75) is 6.04 Å². The molecule has 7 heteroatoms. The first-order valence-electron chi connectivity index (χ1n) is 8.73. The molecule has 2 aromatic carbocycles. The van der Waals surface area contributed by atoms with Gasteiger partial charge in [0.1, 0.15) is 0 Å². The molecule has 3 rings (SSSR count). The second kappa shape index (κ2) is 10.6. The van der Waals surface area contributed by atoms with Crippen LogP contribution in [0.25, 0.3) is 6.08 Å². The van der Waals surface area contributed by atoms with Gasteiger partial charge in [0.15, 0.2) is 0 Å². The fourth-order valence-corrected chi connectivity index (χ4v) is 3.93. The molecule has 27 heavy (non-hydrogen) atoms. The molecule has 0 aromatic heterocycles. The van der Waals surface area contributed by atoms with Crippen molar-refractivity contribution in [3.8, 4) is 0 Å². The van der Waals surface area contributed by atoms with E-state index in [1.165, 1.54) is 5.41 Å². The average Bonchev–Trinajstić information content (AvgIpc) is 2.68. The number of halogens is 1. The maximum Gasteiger partial charge on any atom is 0.234 e. The maximum atomic E-state index is 12.6. The van der Waals surface area contributed by atoms with Gasteiger partial charge in [-0.05, 0) is 17.2 Å². The third-order valence-electron chi connectivity index (χ3n) is 4.29. The first-order valence-corrected chi connectivity index (χ1v) is 10.3. The number of hydrogen-bond acceptors (Lipinski definition) is 4. The molecule has 0 spiro atoms. The Balaban J connectivity index is 0.00000261. The quantitative estimate of drug-likeness (QED) is 0.764. The maximum absolute atomic E-state index is 12.6. The predicted octanol–water partition coefficient (Wildman–Crippen LogP) is 3.07. The Labute approximate surface area is 167 Å². The molecule has 0 aliphatic carbocycles. The molecule has 1 N–H and O–H groups in total. The summed E-state index contributed by atoms with van der Waals surface area (Å²) in [6.07, 6.45) is 1.61. The van der Waals surface area contributed by atoms with Crippen LogP contribution >= 0.6 is 12.4 Å². The fourth-order valence-electron chi connectivity index (χ4n) is 2.91. The van der Waals surface area contributed by atoms with Gasteiger partial charge in [0.05, 0.1) is 19.3 Å². The molecule has 0 bridgehead atoms. The minimum absolute atomic E-state index is 0. The van der Waals surface area contributed by atoms with Crippen molar-refractivity contribution in [2.75, 3.05) is 32.8 Å². The van der Waals surface area contributed by atoms with Crippen LogP contribution in [0.2, 0.25) is 0 Å². The molecule has 1 aliphatic rings. The zero-order valence-electron chi connectivity index (χ0n) is 15.0. The van der Waals surface area contributed by atoms with Crippen molar-refractivity contribution in [2.24, 2.45) is 0 Å². The Bertz CT molecular complexity index is 808. The Morgan fingerprint density at radius 3 is 2.22 bits per heavy atom. The largest absolute Gasteiger partial charge is 0.379 e. The van der Waals surface area contributed by atoms with Gasteiger partial charge in [-0.1, -0.05) is 60.7 Å². The Kier molecular flexibility index (Phi) is 8.47. The van der Waals surface area contributed by atoms with Crippen molar-refractivity contribution in [3.63, 3.8) is 0 Å². The zero-order valence-corrected chi connectivity index (χ0v) is 16.7. The second-order valence-corrected chi connectivity index (χ2v) is 7.85. The SMILES string of the molecule is Cl.O=S(=O)(/C=C/c1ccccc1)NC(CN1CCOCC1)c1ccccc1. The van der Waals surface area contributed by atoms with Gasteiger partial charge in [-0.15, -0.1) is 12.4 Å². The Hall–Kier alpha value is -1.70. The molecule has 1 saturated heterocycles. The van der Waals surface area contributed by atoms with Crippen LogP contribution in [0.15, 0.2) is 66.1 Å². The highest BCUT2D eigenvalue weighted by molar-refractivity contribution is 7.92. The first-order chi connectivity index (χ1) is 12.6. The summed E-state index contributed by atoms with van der Waals surface area (Å²) in [5.41, 5.74) is 1.80. The monoisotopic (exact) mass is 408 g/mol. The van der Waals surface area contributed by atoms with Crippen LogP contribution < -0.4 is 4.72 Å². The third kappa shape index (κ3) is 7.08. The summed E-state index contributed by atoms with van der Waals surface area (Å²) in [4.78, 5) is 2.23. The first kappa shape index (κ1) is 21.6. The number of rotatable bonds is 7. The molecular weight excluding hydrogens is 384 g/mol. The van der Waals surface area contributed by atoms with Gasteiger partial charge in [-0.3, -0.25) is 4.90 Å². The molecule has 1 atom stereocenters. The summed E-state index contributed by atoms with van der Waals surface area (Å²) >= 11 is 0. The summed E-state index contributed by atoms with van der Waals surface area (Å²) in [6, 6.07) is 18.8. The molecule has 1 unspecified atom stereocenters. The molecule has 0 radical (unpaired) electrons. The molecule has 1 aliphatic heterocycles. The van der Waals surface area contributed by atoms with Crippen molar-refractivity contribution in [1.29, 1.82) is 0 Å². The van der Waals surface area contributed by atoms with E-state index in [4.69, 9.17) is 4.74 Å². The average molecular weight is 409 g/mol. The summed E-state index contributed by atoms with van der Waals surface area (Å²) in [7, 11) is -3.57. The molecule has 1 fully saturated rings. The lowest BCUT2D eigenvalue weighted by molar-refractivity contribution is 0.0345. The molecule has 5 nitrogen and oxygen atoms in total. The van der Waals surface area contributed by atoms with Crippen LogP contribution in [0.5, 0.6) is 0 Å². The van der Waals surface area contributed by atoms with Crippen LogP contribution in [-0.2, 0) is 14.8 Å². The Morgan fingerprint density at radius 1 is 1.00 bits per heavy atom. The van der Waals surface area contributed by atoms with E-state index < -0.39 is 10.0 Å². The number of benzene rings is 2. The molecule has 146 valence electrons. The van der Waals surface area contributed by atoms with Crippen molar-refractivity contribution in [3.05, 3.63) is 77.2 Å². The highest BCUT2D eigenvalue weighted by Crippen LogP contribution is 2.17. The highest BCUT2D eigenvalue weighted by atomic mass is 35.5. The van der Waals surface area contributed by atoms with Crippen molar-refractivity contribution in [1.82, 2.24) is 9.62 Å². The highest BCUT2D eigenvalue weighted by Gasteiger charge is 2.21. The van der Waals surface area contributed by atoms with Crippen LogP contribution in [0.3, 0.4) is 0 Å². The number of nitrogens with one attached hydrogen (secondary N) is 1. The molecule has 0 amide bonds. The number of nitrogens with zero attached hydrogens (tertiary/aromatic N) is 1. The number of sulfonamides is 1. The summed E-state index contributed by atoms with van der Waals surface area (Å²) in [5.74, 6) is 0. The lowest BCUT2D eigenvalue weighted by Crippen LogP contribution is -2.42. The Morgan fingerprint density at radius 2 is 1.59 bits per heavy atom. The van der Waals surface area contributed by atoms with Crippen LogP contribution in [-0.4, -0.2) is 46.2 Å². The van der Waals surface area contributed by atoms with E-state index in [-0.39, 0.29) is 18.4 Å². The standard InChI is InChI=1S/C20H24N2O3S.ClH/c23-26(24,16-11-18-7-3-1-4-8-18)21-20(19-9-5-2-6-10-19)17-22-12-14-25-15-13-22;/h1-11,16,20-21H,12-15,17H2;1H/b16-11+;. The van der Waals surface area contributed by atoms with Crippen LogP contribution in [0.4, 0.5) is 0 Å². The minimum Gasteiger partial charge on any atom is -0.379 e. The lowest BCUT2D eigenvalue weighted by atomic mass is 10.1. The van der Waals surface area contributed by atoms with Gasteiger partial charge in [0.2, 0.25) is 10.0 Å². The van der Waals surface area contributed by atoms with E-state index >= 15 is 0 Å². The molecule has 1 heterocycles. The molecular formula is C20H25ClN2O3S. The van der Waals surface area contributed by atoms with E-state index in [0.29, 0.717) is 19.8 Å². The molecule has 0 saturated carbocycles. The minimum atomic E-state index is -3.57. The van der Waals surface area contributed by atoms with E-state index in [2.05, 4.69) is 9.62 Å². The summed E-state index contributed by atoms with van der Waals surface area (Å²) < 4.78 is 33.4. The zero-order chi connectivity index (χ0) is 18.2. The molecule has 2 aromatic rings. The predicted molar refractivity (Wildman–Crippen MR) is 111 cm³/mol. The fraction of sp³-hybridized carbons (Fsp3) is 0.300. The van der Waals surface area contributed by atoms with E-state index in [1.807, 2.05) is 60.7 Å². The van der Waals surface area contributed by atoms with E-state index in [9.17, 15) is 8.42 Å². The third-order valence-corrected chi connectivity index (χ3v) is 5.40. The van der Waals surface area contributed by atoms with Gasteiger partial charge >= 0.3 is 0 Å². The van der Waals surface area contributed by atoms with Crippen LogP contribution in [0.1, 0.15) is 17.2 Å².